The van der Waals surface area contributed by atoms with Crippen molar-refractivity contribution in [3.8, 4) is 11.5 Å². The number of fused-ring (bicyclic) bond motifs is 3. The van der Waals surface area contributed by atoms with Gasteiger partial charge in [0.25, 0.3) is 0 Å². The van der Waals surface area contributed by atoms with E-state index in [4.69, 9.17) is 9.47 Å². The highest BCUT2D eigenvalue weighted by Gasteiger charge is 2.50. The van der Waals surface area contributed by atoms with E-state index in [1.165, 1.54) is 11.1 Å². The number of rotatable bonds is 2. The van der Waals surface area contributed by atoms with Gasteiger partial charge in [0.2, 0.25) is 0 Å². The molecule has 0 bridgehead atoms. The van der Waals surface area contributed by atoms with E-state index in [9.17, 15) is 0 Å². The first-order valence-electron chi connectivity index (χ1n) is 7.47. The zero-order valence-electron chi connectivity index (χ0n) is 12.5. The predicted molar refractivity (Wildman–Crippen MR) is 89.2 cm³/mol. The minimum Gasteiger partial charge on any atom is -0.497 e. The molecule has 1 N–H and O–H groups in total. The summed E-state index contributed by atoms with van der Waals surface area (Å²) in [6, 6.07) is 16.8. The Kier molecular flexibility index (Phi) is 4.02. The first-order chi connectivity index (χ1) is 10.3. The van der Waals surface area contributed by atoms with Gasteiger partial charge in [0.15, 0.2) is 0 Å². The molecule has 2 aromatic carbocycles. The lowest BCUT2D eigenvalue weighted by molar-refractivity contribution is 0.0395. The van der Waals surface area contributed by atoms with E-state index in [0.717, 1.165) is 31.0 Å². The third kappa shape index (κ3) is 2.16. The van der Waals surface area contributed by atoms with Crippen molar-refractivity contribution in [1.82, 2.24) is 5.32 Å². The number of methoxy groups -OCH3 is 1. The van der Waals surface area contributed by atoms with Gasteiger partial charge in [-0.2, -0.15) is 0 Å². The molecule has 0 amide bonds. The molecule has 2 aliphatic heterocycles. The SMILES string of the molecule is COc1ccc(C23CCNCC2c2ccccc2O3)cc1.Cl. The van der Waals surface area contributed by atoms with Gasteiger partial charge in [0.1, 0.15) is 17.1 Å². The third-order valence-electron chi connectivity index (χ3n) is 4.75. The van der Waals surface area contributed by atoms with Crippen LogP contribution >= 0.6 is 12.4 Å². The first kappa shape index (κ1) is 15.2. The van der Waals surface area contributed by atoms with Gasteiger partial charge >= 0.3 is 0 Å². The molecule has 0 aromatic heterocycles. The van der Waals surface area contributed by atoms with Gasteiger partial charge in [-0.1, -0.05) is 30.3 Å². The van der Waals surface area contributed by atoms with Crippen LogP contribution in [0.5, 0.6) is 11.5 Å². The Balaban J connectivity index is 0.00000144. The smallest absolute Gasteiger partial charge is 0.143 e. The number of halogens is 1. The van der Waals surface area contributed by atoms with Crippen molar-refractivity contribution in [3.05, 3.63) is 59.7 Å². The number of piperidine rings is 1. The van der Waals surface area contributed by atoms with E-state index in [1.807, 2.05) is 18.2 Å². The molecule has 2 heterocycles. The van der Waals surface area contributed by atoms with Gasteiger partial charge < -0.3 is 14.8 Å². The minimum atomic E-state index is -0.235. The summed E-state index contributed by atoms with van der Waals surface area (Å²) in [6.07, 6.45) is 0.985. The van der Waals surface area contributed by atoms with Gasteiger partial charge in [0, 0.05) is 24.4 Å². The molecule has 3 nitrogen and oxygen atoms in total. The summed E-state index contributed by atoms with van der Waals surface area (Å²) in [6.45, 7) is 1.94. The standard InChI is InChI=1S/C18H19NO2.ClH/c1-20-14-8-6-13(7-9-14)18-10-11-19-12-16(18)15-4-2-3-5-17(15)21-18;/h2-9,16,19H,10-12H2,1H3;1H. The van der Waals surface area contributed by atoms with Crippen molar-refractivity contribution in [2.24, 2.45) is 0 Å². The lowest BCUT2D eigenvalue weighted by Gasteiger charge is -2.39. The summed E-state index contributed by atoms with van der Waals surface area (Å²) >= 11 is 0. The van der Waals surface area contributed by atoms with Crippen LogP contribution < -0.4 is 14.8 Å². The summed E-state index contributed by atoms with van der Waals surface area (Å²) < 4.78 is 11.8. The summed E-state index contributed by atoms with van der Waals surface area (Å²) in [4.78, 5) is 0. The van der Waals surface area contributed by atoms with E-state index in [0.29, 0.717) is 5.92 Å². The first-order valence-corrected chi connectivity index (χ1v) is 7.47. The second-order valence-corrected chi connectivity index (χ2v) is 5.76. The number of hydrogen-bond acceptors (Lipinski definition) is 3. The summed E-state index contributed by atoms with van der Waals surface area (Å²) in [7, 11) is 1.70. The Morgan fingerprint density at radius 2 is 1.91 bits per heavy atom. The molecule has 4 heteroatoms. The van der Waals surface area contributed by atoms with E-state index in [1.54, 1.807) is 7.11 Å². The van der Waals surface area contributed by atoms with E-state index in [-0.39, 0.29) is 18.0 Å². The van der Waals surface area contributed by atoms with Crippen molar-refractivity contribution < 1.29 is 9.47 Å². The molecule has 2 aliphatic rings. The highest BCUT2D eigenvalue weighted by molar-refractivity contribution is 5.85. The second kappa shape index (κ2) is 5.82. The fourth-order valence-corrected chi connectivity index (χ4v) is 3.68. The topological polar surface area (TPSA) is 30.5 Å². The number of para-hydroxylation sites is 1. The third-order valence-corrected chi connectivity index (χ3v) is 4.75. The highest BCUT2D eigenvalue weighted by atomic mass is 35.5. The average molecular weight is 318 g/mol. The maximum Gasteiger partial charge on any atom is 0.143 e. The molecule has 0 radical (unpaired) electrons. The van der Waals surface area contributed by atoms with E-state index in [2.05, 4.69) is 35.6 Å². The molecule has 2 unspecified atom stereocenters. The average Bonchev–Trinajstić information content (AvgIpc) is 2.90. The Bertz CT molecular complexity index is 658. The summed E-state index contributed by atoms with van der Waals surface area (Å²) in [5, 5.41) is 3.51. The molecule has 1 fully saturated rings. The van der Waals surface area contributed by atoms with Crippen LogP contribution in [0.2, 0.25) is 0 Å². The molecule has 0 saturated carbocycles. The van der Waals surface area contributed by atoms with Crippen LogP contribution in [0.1, 0.15) is 23.5 Å². The van der Waals surface area contributed by atoms with Gasteiger partial charge in [0.05, 0.1) is 7.11 Å². The van der Waals surface area contributed by atoms with Crippen LogP contribution in [0.4, 0.5) is 0 Å². The maximum absolute atomic E-state index is 6.48. The van der Waals surface area contributed by atoms with Crippen LogP contribution in [0.15, 0.2) is 48.5 Å². The van der Waals surface area contributed by atoms with Crippen molar-refractivity contribution in [2.45, 2.75) is 17.9 Å². The van der Waals surface area contributed by atoms with Crippen molar-refractivity contribution in [2.75, 3.05) is 20.2 Å². The molecule has 2 atom stereocenters. The molecular weight excluding hydrogens is 298 g/mol. The van der Waals surface area contributed by atoms with Gasteiger partial charge in [-0.05, 0) is 30.3 Å². The molecule has 2 aromatic rings. The zero-order valence-corrected chi connectivity index (χ0v) is 13.4. The minimum absolute atomic E-state index is 0. The molecule has 116 valence electrons. The Labute approximate surface area is 137 Å². The lowest BCUT2D eigenvalue weighted by Crippen LogP contribution is -2.47. The molecule has 0 aliphatic carbocycles. The number of ether oxygens (including phenoxy) is 2. The summed E-state index contributed by atoms with van der Waals surface area (Å²) in [5.41, 5.74) is 2.33. The van der Waals surface area contributed by atoms with Crippen LogP contribution in [-0.2, 0) is 5.60 Å². The van der Waals surface area contributed by atoms with Crippen LogP contribution in [0.25, 0.3) is 0 Å². The van der Waals surface area contributed by atoms with Crippen molar-refractivity contribution >= 4 is 12.4 Å². The monoisotopic (exact) mass is 317 g/mol. The Morgan fingerprint density at radius 1 is 1.14 bits per heavy atom. The molecule has 4 rings (SSSR count). The lowest BCUT2D eigenvalue weighted by atomic mass is 9.75. The largest absolute Gasteiger partial charge is 0.497 e. The Morgan fingerprint density at radius 3 is 2.68 bits per heavy atom. The van der Waals surface area contributed by atoms with Crippen LogP contribution in [0, 0.1) is 0 Å². The van der Waals surface area contributed by atoms with E-state index < -0.39 is 0 Å². The number of hydrogen-bond donors (Lipinski definition) is 1. The van der Waals surface area contributed by atoms with Gasteiger partial charge in [-0.15, -0.1) is 12.4 Å². The van der Waals surface area contributed by atoms with Crippen LogP contribution in [0.3, 0.4) is 0 Å². The summed E-state index contributed by atoms with van der Waals surface area (Å²) in [5.74, 6) is 2.29. The zero-order chi connectivity index (χ0) is 14.3. The molecule has 0 spiro atoms. The Hall–Kier alpha value is -1.71. The maximum atomic E-state index is 6.48. The van der Waals surface area contributed by atoms with Crippen molar-refractivity contribution in [1.29, 1.82) is 0 Å². The normalized spacial score (nSPS) is 25.4. The predicted octanol–water partition coefficient (Wildman–Crippen LogP) is 3.48. The van der Waals surface area contributed by atoms with E-state index >= 15 is 0 Å². The number of benzene rings is 2. The molecule has 22 heavy (non-hydrogen) atoms. The highest BCUT2D eigenvalue weighted by Crippen LogP contribution is 2.53. The van der Waals surface area contributed by atoms with Crippen LogP contribution in [-0.4, -0.2) is 20.2 Å². The van der Waals surface area contributed by atoms with Crippen molar-refractivity contribution in [3.63, 3.8) is 0 Å². The second-order valence-electron chi connectivity index (χ2n) is 5.76. The fraction of sp³-hybridized carbons (Fsp3) is 0.333. The molecule has 1 saturated heterocycles. The number of nitrogens with one attached hydrogen (secondary N) is 1. The molecular formula is C18H20ClNO2. The van der Waals surface area contributed by atoms with Gasteiger partial charge in [-0.3, -0.25) is 0 Å². The quantitative estimate of drug-likeness (QED) is 0.920. The fourth-order valence-electron chi connectivity index (χ4n) is 3.68. The van der Waals surface area contributed by atoms with Gasteiger partial charge in [-0.25, -0.2) is 0 Å².